The third kappa shape index (κ3) is 6.06. The van der Waals surface area contributed by atoms with E-state index in [1.54, 1.807) is 19.0 Å². The van der Waals surface area contributed by atoms with Crippen molar-refractivity contribution < 1.29 is 4.79 Å². The number of hydrogen-bond acceptors (Lipinski definition) is 3. The Labute approximate surface area is 136 Å². The number of benzene rings is 1. The zero-order chi connectivity index (χ0) is 16.0. The van der Waals surface area contributed by atoms with Crippen LogP contribution in [0.2, 0.25) is 0 Å². The first-order valence-electron chi connectivity index (χ1n) is 7.21. The molecule has 1 rings (SSSR count). The lowest BCUT2D eigenvalue weighted by Crippen LogP contribution is -2.34. The highest BCUT2D eigenvalue weighted by molar-refractivity contribution is 9.10. The first-order chi connectivity index (χ1) is 9.81. The van der Waals surface area contributed by atoms with Crippen LogP contribution < -0.4 is 10.2 Å². The fourth-order valence-corrected chi connectivity index (χ4v) is 2.36. The van der Waals surface area contributed by atoms with Crippen LogP contribution >= 0.6 is 15.9 Å². The van der Waals surface area contributed by atoms with Crippen molar-refractivity contribution in [2.24, 2.45) is 5.92 Å². The number of carbonyl (C=O) groups is 1. The van der Waals surface area contributed by atoms with Crippen molar-refractivity contribution in [3.63, 3.8) is 0 Å². The average molecular weight is 356 g/mol. The molecule has 4 nitrogen and oxygen atoms in total. The summed E-state index contributed by atoms with van der Waals surface area (Å²) in [5.74, 6) is 0.738. The fraction of sp³-hybridized carbons (Fsp3) is 0.562. The van der Waals surface area contributed by atoms with Gasteiger partial charge in [0, 0.05) is 37.8 Å². The molecule has 1 aromatic carbocycles. The molecule has 0 aromatic heterocycles. The summed E-state index contributed by atoms with van der Waals surface area (Å²) in [5, 5.41) is 3.43. The number of hydrogen-bond donors (Lipinski definition) is 1. The molecular formula is C16H26BrN3O. The number of nitrogens with one attached hydrogen (secondary N) is 1. The number of rotatable bonds is 7. The van der Waals surface area contributed by atoms with Crippen molar-refractivity contribution >= 4 is 27.5 Å². The Hall–Kier alpha value is -1.07. The van der Waals surface area contributed by atoms with Crippen molar-refractivity contribution in [2.75, 3.05) is 39.1 Å². The van der Waals surface area contributed by atoms with E-state index in [0.717, 1.165) is 23.2 Å². The van der Waals surface area contributed by atoms with Gasteiger partial charge in [-0.1, -0.05) is 35.8 Å². The van der Waals surface area contributed by atoms with Crippen molar-refractivity contribution in [3.05, 3.63) is 28.2 Å². The van der Waals surface area contributed by atoms with Gasteiger partial charge in [-0.3, -0.25) is 4.79 Å². The summed E-state index contributed by atoms with van der Waals surface area (Å²) >= 11 is 3.62. The molecule has 0 aliphatic heterocycles. The van der Waals surface area contributed by atoms with Gasteiger partial charge in [0.25, 0.3) is 0 Å². The minimum Gasteiger partial charge on any atom is -0.365 e. The topological polar surface area (TPSA) is 35.6 Å². The quantitative estimate of drug-likeness (QED) is 0.816. The lowest BCUT2D eigenvalue weighted by Gasteiger charge is -2.22. The average Bonchev–Trinajstić information content (AvgIpc) is 2.39. The molecule has 0 fully saturated rings. The zero-order valence-electron chi connectivity index (χ0n) is 13.6. The van der Waals surface area contributed by atoms with Gasteiger partial charge in [0.1, 0.15) is 0 Å². The van der Waals surface area contributed by atoms with Crippen molar-refractivity contribution in [2.45, 2.75) is 20.4 Å². The van der Waals surface area contributed by atoms with Crippen molar-refractivity contribution in [1.82, 2.24) is 10.2 Å². The number of likely N-dealkylation sites (N-methyl/N-ethyl adjacent to an activating group) is 2. The van der Waals surface area contributed by atoms with Gasteiger partial charge in [0.15, 0.2) is 0 Å². The predicted molar refractivity (Wildman–Crippen MR) is 92.7 cm³/mol. The normalized spacial score (nSPS) is 10.8. The third-order valence-electron chi connectivity index (χ3n) is 3.22. The molecule has 0 bridgehead atoms. The van der Waals surface area contributed by atoms with E-state index in [-0.39, 0.29) is 5.91 Å². The summed E-state index contributed by atoms with van der Waals surface area (Å²) in [5.41, 5.74) is 2.26. The minimum atomic E-state index is 0.0938. The second kappa shape index (κ2) is 8.39. The van der Waals surface area contributed by atoms with Crippen LogP contribution in [0.3, 0.4) is 0 Å². The maximum absolute atomic E-state index is 11.7. The van der Waals surface area contributed by atoms with Crippen LogP contribution in [0.15, 0.2) is 22.7 Å². The maximum atomic E-state index is 11.7. The SMILES string of the molecule is CC(C)CNCc1ccc(N(C)CC(=O)N(C)C)cc1Br. The third-order valence-corrected chi connectivity index (χ3v) is 3.95. The van der Waals surface area contributed by atoms with E-state index in [4.69, 9.17) is 0 Å². The number of amides is 1. The molecule has 1 amide bonds. The molecular weight excluding hydrogens is 330 g/mol. The molecule has 0 atom stereocenters. The Morgan fingerprint density at radius 2 is 1.95 bits per heavy atom. The first kappa shape index (κ1) is 18.0. The van der Waals surface area contributed by atoms with Crippen LogP contribution in [-0.2, 0) is 11.3 Å². The predicted octanol–water partition coefficient (Wildman–Crippen LogP) is 2.72. The van der Waals surface area contributed by atoms with E-state index in [1.165, 1.54) is 5.56 Å². The zero-order valence-corrected chi connectivity index (χ0v) is 15.2. The maximum Gasteiger partial charge on any atom is 0.241 e. The monoisotopic (exact) mass is 355 g/mol. The molecule has 0 aliphatic carbocycles. The summed E-state index contributed by atoms with van der Waals surface area (Å²) in [6.45, 7) is 6.62. The molecule has 1 N–H and O–H groups in total. The Balaban J connectivity index is 2.66. The van der Waals surface area contributed by atoms with E-state index >= 15 is 0 Å². The largest absolute Gasteiger partial charge is 0.365 e. The summed E-state index contributed by atoms with van der Waals surface area (Å²) in [4.78, 5) is 15.3. The van der Waals surface area contributed by atoms with E-state index < -0.39 is 0 Å². The van der Waals surface area contributed by atoms with Crippen LogP contribution in [0.5, 0.6) is 0 Å². The van der Waals surface area contributed by atoms with E-state index in [0.29, 0.717) is 12.5 Å². The fourth-order valence-electron chi connectivity index (χ4n) is 1.85. The van der Waals surface area contributed by atoms with Crippen molar-refractivity contribution in [3.8, 4) is 0 Å². The molecule has 21 heavy (non-hydrogen) atoms. The molecule has 5 heteroatoms. The number of anilines is 1. The molecule has 0 saturated carbocycles. The number of nitrogens with zero attached hydrogens (tertiary/aromatic N) is 2. The van der Waals surface area contributed by atoms with Gasteiger partial charge in [-0.2, -0.15) is 0 Å². The number of halogens is 1. The molecule has 0 aliphatic rings. The molecule has 0 heterocycles. The lowest BCUT2D eigenvalue weighted by atomic mass is 10.1. The molecule has 0 spiro atoms. The van der Waals surface area contributed by atoms with Gasteiger partial charge in [0.2, 0.25) is 5.91 Å². The van der Waals surface area contributed by atoms with Crippen LogP contribution in [0.4, 0.5) is 5.69 Å². The highest BCUT2D eigenvalue weighted by atomic mass is 79.9. The summed E-state index contributed by atoms with van der Waals surface area (Å²) in [7, 11) is 5.48. The lowest BCUT2D eigenvalue weighted by molar-refractivity contribution is -0.127. The van der Waals surface area contributed by atoms with Gasteiger partial charge in [-0.15, -0.1) is 0 Å². The van der Waals surface area contributed by atoms with Crippen LogP contribution in [0.1, 0.15) is 19.4 Å². The van der Waals surface area contributed by atoms with Gasteiger partial charge in [-0.05, 0) is 30.2 Å². The van der Waals surface area contributed by atoms with Gasteiger partial charge in [-0.25, -0.2) is 0 Å². The highest BCUT2D eigenvalue weighted by Gasteiger charge is 2.10. The van der Waals surface area contributed by atoms with Crippen LogP contribution in [0.25, 0.3) is 0 Å². The van der Waals surface area contributed by atoms with E-state index in [1.807, 2.05) is 11.9 Å². The van der Waals surface area contributed by atoms with Gasteiger partial charge in [0.05, 0.1) is 6.54 Å². The molecule has 0 saturated heterocycles. The Bertz CT molecular complexity index is 475. The molecule has 1 aromatic rings. The smallest absolute Gasteiger partial charge is 0.241 e. The second-order valence-corrected chi connectivity index (χ2v) is 6.80. The molecule has 118 valence electrons. The minimum absolute atomic E-state index is 0.0938. The highest BCUT2D eigenvalue weighted by Crippen LogP contribution is 2.23. The van der Waals surface area contributed by atoms with Gasteiger partial charge >= 0.3 is 0 Å². The Kier molecular flexibility index (Phi) is 7.18. The Morgan fingerprint density at radius 1 is 1.29 bits per heavy atom. The summed E-state index contributed by atoms with van der Waals surface area (Å²) in [6.07, 6.45) is 0. The van der Waals surface area contributed by atoms with Gasteiger partial charge < -0.3 is 15.1 Å². The molecule has 0 radical (unpaired) electrons. The standard InChI is InChI=1S/C16H26BrN3O/c1-12(2)9-18-10-13-6-7-14(8-15(13)17)20(5)11-16(21)19(3)4/h6-8,12,18H,9-11H2,1-5H3. The van der Waals surface area contributed by atoms with Crippen molar-refractivity contribution in [1.29, 1.82) is 0 Å². The van der Waals surface area contributed by atoms with Crippen LogP contribution in [0, 0.1) is 5.92 Å². The second-order valence-electron chi connectivity index (χ2n) is 5.94. The molecule has 0 unspecified atom stereocenters. The van der Waals surface area contributed by atoms with E-state index in [9.17, 15) is 4.79 Å². The van der Waals surface area contributed by atoms with Crippen LogP contribution in [-0.4, -0.2) is 45.0 Å². The first-order valence-corrected chi connectivity index (χ1v) is 8.01. The van der Waals surface area contributed by atoms with E-state index in [2.05, 4.69) is 53.3 Å². The Morgan fingerprint density at radius 3 is 2.48 bits per heavy atom. The summed E-state index contributed by atoms with van der Waals surface area (Å²) < 4.78 is 1.07. The summed E-state index contributed by atoms with van der Waals surface area (Å²) in [6, 6.07) is 6.22. The number of carbonyl (C=O) groups excluding carboxylic acids is 1.